The van der Waals surface area contributed by atoms with E-state index in [-0.39, 0.29) is 11.1 Å². The van der Waals surface area contributed by atoms with Gasteiger partial charge in [0, 0.05) is 5.57 Å². The number of fused-ring (bicyclic) bond motifs is 2. The maximum atomic E-state index is 12.4. The number of ether oxygens (including phenoxy) is 2. The van der Waals surface area contributed by atoms with Crippen molar-refractivity contribution < 1.29 is 29.3 Å². The third-order valence-corrected chi connectivity index (χ3v) is 5.39. The molecule has 0 heterocycles. The molecular formula is C24H20O6. The quantitative estimate of drug-likeness (QED) is 0.502. The Bertz CT molecular complexity index is 1290. The highest BCUT2D eigenvalue weighted by molar-refractivity contribution is 6.02. The van der Waals surface area contributed by atoms with E-state index < -0.39 is 23.6 Å². The van der Waals surface area contributed by atoms with Gasteiger partial charge in [-0.1, -0.05) is 54.6 Å². The van der Waals surface area contributed by atoms with Gasteiger partial charge in [0.25, 0.3) is 0 Å². The first-order valence-corrected chi connectivity index (χ1v) is 9.34. The molecule has 4 rings (SSSR count). The number of methoxy groups -OCH3 is 2. The van der Waals surface area contributed by atoms with Crippen LogP contribution in [0.5, 0.6) is 0 Å². The minimum absolute atomic E-state index is 0.123. The monoisotopic (exact) mass is 404 g/mol. The molecule has 1 unspecified atom stereocenters. The maximum Gasteiger partial charge on any atom is 0.337 e. The van der Waals surface area contributed by atoms with Crippen molar-refractivity contribution in [3.05, 3.63) is 82.2 Å². The van der Waals surface area contributed by atoms with Crippen LogP contribution in [0.15, 0.2) is 60.7 Å². The van der Waals surface area contributed by atoms with Gasteiger partial charge in [0.1, 0.15) is 5.92 Å². The Morgan fingerprint density at radius 2 is 1.63 bits per heavy atom. The third kappa shape index (κ3) is 3.07. The molecule has 30 heavy (non-hydrogen) atoms. The molecule has 0 saturated heterocycles. The summed E-state index contributed by atoms with van der Waals surface area (Å²) in [5.74, 6) is -5.23. The van der Waals surface area contributed by atoms with E-state index in [1.807, 2.05) is 24.3 Å². The van der Waals surface area contributed by atoms with Crippen LogP contribution in [0.3, 0.4) is 0 Å². The second-order valence-corrected chi connectivity index (χ2v) is 7.09. The molecule has 1 atom stereocenters. The molecule has 0 amide bonds. The summed E-state index contributed by atoms with van der Waals surface area (Å²) in [7, 11) is 2.48. The highest BCUT2D eigenvalue weighted by Gasteiger charge is 2.45. The molecule has 6 heteroatoms. The Kier molecular flexibility index (Phi) is 4.89. The molecule has 1 aliphatic rings. The zero-order valence-electron chi connectivity index (χ0n) is 16.5. The topological polar surface area (TPSA) is 93.1 Å². The van der Waals surface area contributed by atoms with Gasteiger partial charge in [-0.05, 0) is 38.9 Å². The van der Waals surface area contributed by atoms with Crippen molar-refractivity contribution in [2.75, 3.05) is 14.2 Å². The van der Waals surface area contributed by atoms with E-state index in [1.165, 1.54) is 20.3 Å². The molecule has 0 aliphatic heterocycles. The number of aliphatic hydroxyl groups is 2. The van der Waals surface area contributed by atoms with Gasteiger partial charge in [-0.2, -0.15) is 0 Å². The lowest BCUT2D eigenvalue weighted by Crippen LogP contribution is -2.51. The van der Waals surface area contributed by atoms with Gasteiger partial charge in [0.2, 0.25) is 5.79 Å². The molecule has 0 spiro atoms. The molecule has 152 valence electrons. The van der Waals surface area contributed by atoms with Crippen LogP contribution in [0.1, 0.15) is 15.9 Å². The van der Waals surface area contributed by atoms with Crippen molar-refractivity contribution in [2.45, 2.75) is 5.79 Å². The fourth-order valence-corrected chi connectivity index (χ4v) is 3.98. The number of hydrogen-bond acceptors (Lipinski definition) is 6. The highest BCUT2D eigenvalue weighted by atomic mass is 16.5. The SMILES string of the molecule is COC(=O)c1cc(C2=c3ccccc3=CC(C(=O)OC)C2(O)O)c2ccccc2c1. The van der Waals surface area contributed by atoms with E-state index >= 15 is 0 Å². The van der Waals surface area contributed by atoms with E-state index in [4.69, 9.17) is 9.47 Å². The largest absolute Gasteiger partial charge is 0.468 e. The summed E-state index contributed by atoms with van der Waals surface area (Å²) in [4.78, 5) is 24.7. The minimum atomic E-state index is -2.56. The summed E-state index contributed by atoms with van der Waals surface area (Å²) in [6, 6.07) is 17.6. The summed E-state index contributed by atoms with van der Waals surface area (Å²) in [6.07, 6.45) is 1.48. The van der Waals surface area contributed by atoms with Gasteiger partial charge in [-0.15, -0.1) is 0 Å². The number of carbonyl (C=O) groups is 2. The zero-order valence-corrected chi connectivity index (χ0v) is 16.5. The predicted molar refractivity (Wildman–Crippen MR) is 111 cm³/mol. The van der Waals surface area contributed by atoms with E-state index in [0.29, 0.717) is 21.4 Å². The average molecular weight is 404 g/mol. The van der Waals surface area contributed by atoms with Crippen molar-refractivity contribution in [1.82, 2.24) is 0 Å². The summed E-state index contributed by atoms with van der Waals surface area (Å²) in [5, 5.41) is 25.1. The van der Waals surface area contributed by atoms with Crippen molar-refractivity contribution in [3.63, 3.8) is 0 Å². The number of carbonyl (C=O) groups excluding carboxylic acids is 2. The van der Waals surface area contributed by atoms with Crippen LogP contribution in [0, 0.1) is 5.92 Å². The van der Waals surface area contributed by atoms with Crippen LogP contribution >= 0.6 is 0 Å². The Morgan fingerprint density at radius 1 is 0.933 bits per heavy atom. The lowest BCUT2D eigenvalue weighted by atomic mass is 9.79. The normalized spacial score (nSPS) is 17.1. The van der Waals surface area contributed by atoms with Crippen molar-refractivity contribution in [1.29, 1.82) is 0 Å². The van der Waals surface area contributed by atoms with Crippen molar-refractivity contribution in [2.24, 2.45) is 5.92 Å². The molecule has 0 aromatic heterocycles. The average Bonchev–Trinajstić information content (AvgIpc) is 2.76. The van der Waals surface area contributed by atoms with E-state index in [2.05, 4.69) is 0 Å². The number of benzene rings is 3. The summed E-state index contributed by atoms with van der Waals surface area (Å²) >= 11 is 0. The first-order valence-electron chi connectivity index (χ1n) is 9.34. The van der Waals surface area contributed by atoms with Crippen LogP contribution in [0.4, 0.5) is 0 Å². The van der Waals surface area contributed by atoms with Crippen molar-refractivity contribution >= 4 is 34.4 Å². The third-order valence-electron chi connectivity index (χ3n) is 5.39. The van der Waals surface area contributed by atoms with Gasteiger partial charge in [0.05, 0.1) is 19.8 Å². The first kappa shape index (κ1) is 19.8. The molecule has 3 aromatic carbocycles. The van der Waals surface area contributed by atoms with Gasteiger partial charge < -0.3 is 19.7 Å². The van der Waals surface area contributed by atoms with Crippen molar-refractivity contribution in [3.8, 4) is 0 Å². The fourth-order valence-electron chi connectivity index (χ4n) is 3.98. The Hall–Kier alpha value is -3.48. The molecule has 2 N–H and O–H groups in total. The van der Waals surface area contributed by atoms with Gasteiger partial charge in [-0.3, -0.25) is 4.79 Å². The van der Waals surface area contributed by atoms with Gasteiger partial charge in [0.15, 0.2) is 0 Å². The van der Waals surface area contributed by atoms with Crippen LogP contribution in [-0.4, -0.2) is 42.2 Å². The Balaban J connectivity index is 2.16. The molecule has 6 nitrogen and oxygen atoms in total. The highest BCUT2D eigenvalue weighted by Crippen LogP contribution is 2.36. The summed E-state index contributed by atoms with van der Waals surface area (Å²) < 4.78 is 9.69. The molecule has 0 bridgehead atoms. The summed E-state index contributed by atoms with van der Waals surface area (Å²) in [6.45, 7) is 0. The van der Waals surface area contributed by atoms with E-state index in [1.54, 1.807) is 36.4 Å². The molecular weight excluding hydrogens is 384 g/mol. The number of hydrogen-bond donors (Lipinski definition) is 2. The number of esters is 2. The van der Waals surface area contributed by atoms with Gasteiger partial charge >= 0.3 is 11.9 Å². The van der Waals surface area contributed by atoms with Gasteiger partial charge in [-0.25, -0.2) is 4.79 Å². The second-order valence-electron chi connectivity index (χ2n) is 7.09. The first-order chi connectivity index (χ1) is 14.4. The standard InChI is InChI=1S/C24H20O6/c1-29-22(25)16-11-14-7-3-5-9-17(14)19(12-16)21-18-10-6-4-8-15(18)13-20(23(26)30-2)24(21,27)28/h3-13,20,27-28H,1-2H3. The molecule has 0 radical (unpaired) electrons. The van der Waals surface area contributed by atoms with E-state index in [0.717, 1.165) is 5.39 Å². The van der Waals surface area contributed by atoms with E-state index in [9.17, 15) is 19.8 Å². The molecule has 1 aliphatic carbocycles. The summed E-state index contributed by atoms with van der Waals surface area (Å²) in [5.41, 5.74) is 0.807. The lowest BCUT2D eigenvalue weighted by molar-refractivity contribution is -0.172. The van der Waals surface area contributed by atoms with Crippen LogP contribution < -0.4 is 10.4 Å². The minimum Gasteiger partial charge on any atom is -0.468 e. The maximum absolute atomic E-state index is 12.4. The Morgan fingerprint density at radius 3 is 2.37 bits per heavy atom. The smallest absolute Gasteiger partial charge is 0.337 e. The fraction of sp³-hybridized carbons (Fsp3) is 0.167. The Labute approximate surface area is 172 Å². The van der Waals surface area contributed by atoms with Crippen LogP contribution in [-0.2, 0) is 14.3 Å². The second kappa shape index (κ2) is 7.40. The lowest BCUT2D eigenvalue weighted by Gasteiger charge is -2.33. The zero-order chi connectivity index (χ0) is 21.5. The van der Waals surface area contributed by atoms with Crippen LogP contribution in [0.2, 0.25) is 0 Å². The molecule has 0 saturated carbocycles. The number of rotatable bonds is 3. The van der Waals surface area contributed by atoms with Crippen LogP contribution in [0.25, 0.3) is 22.4 Å². The molecule has 3 aromatic rings. The predicted octanol–water partition coefficient (Wildman–Crippen LogP) is 1.09. The molecule has 0 fully saturated rings.